The van der Waals surface area contributed by atoms with Crippen LogP contribution in [-0.2, 0) is 9.53 Å². The molecule has 0 spiro atoms. The van der Waals surface area contributed by atoms with Crippen LogP contribution in [0, 0.1) is 5.41 Å². The molecule has 22 heavy (non-hydrogen) atoms. The van der Waals surface area contributed by atoms with E-state index < -0.39 is 11.5 Å². The topological polar surface area (TPSA) is 70.6 Å². The van der Waals surface area contributed by atoms with Crippen molar-refractivity contribution in [3.05, 3.63) is 34.9 Å². The zero-order valence-corrected chi connectivity index (χ0v) is 13.5. The number of amides is 1. The second-order valence-electron chi connectivity index (χ2n) is 5.74. The summed E-state index contributed by atoms with van der Waals surface area (Å²) < 4.78 is 5.24. The van der Waals surface area contributed by atoms with E-state index in [4.69, 9.17) is 16.3 Å². The van der Waals surface area contributed by atoms with Crippen LogP contribution in [0.3, 0.4) is 0 Å². The quantitative estimate of drug-likeness (QED) is 0.741. The fraction of sp³-hybridized carbons (Fsp3) is 0.562. The maximum atomic E-state index is 12.5. The van der Waals surface area contributed by atoms with Crippen molar-refractivity contribution < 1.29 is 14.6 Å². The van der Waals surface area contributed by atoms with Crippen molar-refractivity contribution in [1.82, 2.24) is 10.6 Å². The van der Waals surface area contributed by atoms with Gasteiger partial charge in [-0.1, -0.05) is 23.7 Å². The number of carbonyl (C=O) groups is 1. The monoisotopic (exact) mass is 326 g/mol. The predicted octanol–water partition coefficient (Wildman–Crippen LogP) is 1.51. The molecule has 5 nitrogen and oxygen atoms in total. The largest absolute Gasteiger partial charge is 0.387 e. The van der Waals surface area contributed by atoms with E-state index in [0.29, 0.717) is 11.6 Å². The van der Waals surface area contributed by atoms with Gasteiger partial charge in [-0.2, -0.15) is 0 Å². The van der Waals surface area contributed by atoms with Gasteiger partial charge in [0.15, 0.2) is 0 Å². The second-order valence-corrected chi connectivity index (χ2v) is 6.18. The van der Waals surface area contributed by atoms with Crippen LogP contribution in [0.5, 0.6) is 0 Å². The summed E-state index contributed by atoms with van der Waals surface area (Å²) in [6.45, 7) is 2.18. The van der Waals surface area contributed by atoms with Gasteiger partial charge in [-0.05, 0) is 43.6 Å². The molecule has 1 aromatic rings. The third-order valence-corrected chi connectivity index (χ3v) is 4.43. The van der Waals surface area contributed by atoms with Crippen molar-refractivity contribution in [1.29, 1.82) is 0 Å². The molecule has 0 saturated carbocycles. The Morgan fingerprint density at radius 3 is 2.64 bits per heavy atom. The molecule has 0 aliphatic carbocycles. The molecule has 1 aliphatic rings. The Kier molecular flexibility index (Phi) is 6.20. The Hall–Kier alpha value is -1.14. The number of hydrogen-bond acceptors (Lipinski definition) is 4. The summed E-state index contributed by atoms with van der Waals surface area (Å²) in [4.78, 5) is 12.5. The molecule has 1 amide bonds. The molecule has 1 fully saturated rings. The van der Waals surface area contributed by atoms with E-state index in [-0.39, 0.29) is 12.5 Å². The van der Waals surface area contributed by atoms with Crippen LogP contribution >= 0.6 is 11.6 Å². The number of carbonyl (C=O) groups excluding carboxylic acids is 1. The summed E-state index contributed by atoms with van der Waals surface area (Å²) in [7, 11) is 1.61. The summed E-state index contributed by atoms with van der Waals surface area (Å²) >= 11 is 5.83. The molecule has 1 heterocycles. The van der Waals surface area contributed by atoms with E-state index in [9.17, 15) is 9.90 Å². The zero-order valence-electron chi connectivity index (χ0n) is 12.8. The lowest BCUT2D eigenvalue weighted by Gasteiger charge is -2.35. The van der Waals surface area contributed by atoms with Crippen LogP contribution in [0.2, 0.25) is 5.02 Å². The highest BCUT2D eigenvalue weighted by Crippen LogP contribution is 2.29. The highest BCUT2D eigenvalue weighted by Gasteiger charge is 2.39. The van der Waals surface area contributed by atoms with E-state index in [0.717, 1.165) is 31.5 Å². The molecule has 2 rings (SSSR count). The maximum absolute atomic E-state index is 12.5. The van der Waals surface area contributed by atoms with Crippen molar-refractivity contribution in [2.45, 2.75) is 18.9 Å². The lowest BCUT2D eigenvalue weighted by atomic mass is 9.78. The normalized spacial score (nSPS) is 18.7. The lowest BCUT2D eigenvalue weighted by Crippen LogP contribution is -2.50. The van der Waals surface area contributed by atoms with Crippen LogP contribution in [-0.4, -0.2) is 44.4 Å². The minimum atomic E-state index is -0.748. The number of benzene rings is 1. The zero-order chi connectivity index (χ0) is 16.0. The molecular weight excluding hydrogens is 304 g/mol. The molecule has 0 aromatic heterocycles. The minimum Gasteiger partial charge on any atom is -0.387 e. The van der Waals surface area contributed by atoms with Gasteiger partial charge < -0.3 is 20.5 Å². The number of halogens is 1. The molecule has 6 heteroatoms. The van der Waals surface area contributed by atoms with E-state index in [2.05, 4.69) is 10.6 Å². The molecule has 0 radical (unpaired) electrons. The van der Waals surface area contributed by atoms with Gasteiger partial charge in [-0.15, -0.1) is 0 Å². The third-order valence-electron chi connectivity index (χ3n) is 4.17. The summed E-state index contributed by atoms with van der Waals surface area (Å²) in [6.07, 6.45) is 0.732. The number of piperidine rings is 1. The first-order valence-electron chi connectivity index (χ1n) is 7.49. The molecule has 1 unspecified atom stereocenters. The number of ether oxygens (including phenoxy) is 1. The summed E-state index contributed by atoms with van der Waals surface area (Å²) in [6, 6.07) is 6.96. The maximum Gasteiger partial charge on any atom is 0.228 e. The van der Waals surface area contributed by atoms with Gasteiger partial charge in [0.1, 0.15) is 0 Å². The van der Waals surface area contributed by atoms with E-state index >= 15 is 0 Å². The molecule has 1 aromatic carbocycles. The molecule has 3 N–H and O–H groups in total. The summed E-state index contributed by atoms with van der Waals surface area (Å²) in [5, 5.41) is 16.9. The van der Waals surface area contributed by atoms with Crippen LogP contribution in [0.4, 0.5) is 0 Å². The van der Waals surface area contributed by atoms with Crippen molar-refractivity contribution in [2.24, 2.45) is 5.41 Å². The average Bonchev–Trinajstić information content (AvgIpc) is 2.54. The second kappa shape index (κ2) is 7.92. The molecule has 1 atom stereocenters. The highest BCUT2D eigenvalue weighted by molar-refractivity contribution is 6.30. The first-order chi connectivity index (χ1) is 10.6. The van der Waals surface area contributed by atoms with Crippen LogP contribution in [0.25, 0.3) is 0 Å². The lowest BCUT2D eigenvalue weighted by molar-refractivity contribution is -0.136. The van der Waals surface area contributed by atoms with Gasteiger partial charge in [0, 0.05) is 18.7 Å². The van der Waals surface area contributed by atoms with E-state index in [1.807, 2.05) is 0 Å². The molecule has 1 aliphatic heterocycles. The number of nitrogens with one attached hydrogen (secondary N) is 2. The van der Waals surface area contributed by atoms with Crippen molar-refractivity contribution >= 4 is 17.5 Å². The molecule has 0 bridgehead atoms. The first-order valence-corrected chi connectivity index (χ1v) is 7.87. The van der Waals surface area contributed by atoms with Crippen molar-refractivity contribution in [2.75, 3.05) is 33.4 Å². The van der Waals surface area contributed by atoms with Gasteiger partial charge in [-0.25, -0.2) is 0 Å². The van der Waals surface area contributed by atoms with E-state index in [1.54, 1.807) is 31.4 Å². The number of methoxy groups -OCH3 is 1. The Bertz CT molecular complexity index is 481. The van der Waals surface area contributed by atoms with Crippen LogP contribution in [0.1, 0.15) is 24.5 Å². The Labute approximate surface area is 136 Å². The SMILES string of the molecule is COCC1(C(=O)NCC(O)c2ccc(Cl)cc2)CCNCC1. The first kappa shape index (κ1) is 17.2. The summed E-state index contributed by atoms with van der Waals surface area (Å²) in [5.74, 6) is -0.0520. The average molecular weight is 327 g/mol. The Morgan fingerprint density at radius 2 is 2.05 bits per heavy atom. The molecule has 122 valence electrons. The standard InChI is InChI=1S/C16H23ClN2O3/c1-22-11-16(6-8-18-9-7-16)15(21)19-10-14(20)12-2-4-13(17)5-3-12/h2-5,14,18,20H,6-11H2,1H3,(H,19,21). The number of hydrogen-bond donors (Lipinski definition) is 3. The fourth-order valence-corrected chi connectivity index (χ4v) is 2.92. The van der Waals surface area contributed by atoms with Gasteiger partial charge in [0.05, 0.1) is 18.1 Å². The van der Waals surface area contributed by atoms with Gasteiger partial charge in [0.25, 0.3) is 0 Å². The minimum absolute atomic E-state index is 0.0520. The van der Waals surface area contributed by atoms with Crippen LogP contribution < -0.4 is 10.6 Å². The predicted molar refractivity (Wildman–Crippen MR) is 85.8 cm³/mol. The molecular formula is C16H23ClN2O3. The number of aliphatic hydroxyl groups is 1. The Morgan fingerprint density at radius 1 is 1.41 bits per heavy atom. The van der Waals surface area contributed by atoms with E-state index in [1.165, 1.54) is 0 Å². The highest BCUT2D eigenvalue weighted by atomic mass is 35.5. The van der Waals surface area contributed by atoms with Crippen molar-refractivity contribution in [3.63, 3.8) is 0 Å². The third kappa shape index (κ3) is 4.20. The van der Waals surface area contributed by atoms with Gasteiger partial charge in [0.2, 0.25) is 5.91 Å². The summed E-state index contributed by atoms with van der Waals surface area (Å²) in [5.41, 5.74) is 0.232. The van der Waals surface area contributed by atoms with Gasteiger partial charge in [-0.3, -0.25) is 4.79 Å². The van der Waals surface area contributed by atoms with Gasteiger partial charge >= 0.3 is 0 Å². The van der Waals surface area contributed by atoms with Crippen LogP contribution in [0.15, 0.2) is 24.3 Å². The smallest absolute Gasteiger partial charge is 0.228 e. The molecule has 1 saturated heterocycles. The van der Waals surface area contributed by atoms with Crippen molar-refractivity contribution in [3.8, 4) is 0 Å². The Balaban J connectivity index is 1.93. The fourth-order valence-electron chi connectivity index (χ4n) is 2.80. The number of aliphatic hydroxyl groups excluding tert-OH is 1. The number of rotatable bonds is 6.